The molecule has 3 N–H and O–H groups in total. The highest BCUT2D eigenvalue weighted by molar-refractivity contribution is 5.75. The van der Waals surface area contributed by atoms with Crippen molar-refractivity contribution in [1.82, 2.24) is 20.9 Å². The number of hydrogen-bond acceptors (Lipinski definition) is 4. The Morgan fingerprint density at radius 2 is 1.68 bits per heavy atom. The summed E-state index contributed by atoms with van der Waals surface area (Å²) in [5.41, 5.74) is -0.676. The second-order valence-electron chi connectivity index (χ2n) is 8.75. The molecule has 1 rings (SSSR count). The zero-order chi connectivity index (χ0) is 19.1. The fourth-order valence-electron chi connectivity index (χ4n) is 2.67. The van der Waals surface area contributed by atoms with Crippen molar-refractivity contribution in [3.63, 3.8) is 0 Å². The Morgan fingerprint density at radius 1 is 1.08 bits per heavy atom. The van der Waals surface area contributed by atoms with E-state index in [2.05, 4.69) is 20.9 Å². The molecule has 1 aliphatic heterocycles. The van der Waals surface area contributed by atoms with E-state index in [9.17, 15) is 9.59 Å². The quantitative estimate of drug-likeness (QED) is 0.661. The third-order valence-electron chi connectivity index (χ3n) is 3.73. The van der Waals surface area contributed by atoms with Gasteiger partial charge in [-0.1, -0.05) is 0 Å². The highest BCUT2D eigenvalue weighted by atomic mass is 16.6. The molecule has 0 aromatic rings. The molecule has 0 radical (unpaired) electrons. The first kappa shape index (κ1) is 21.5. The second-order valence-corrected chi connectivity index (χ2v) is 8.75. The van der Waals surface area contributed by atoms with Crippen molar-refractivity contribution < 1.29 is 14.3 Å². The summed E-state index contributed by atoms with van der Waals surface area (Å²) in [4.78, 5) is 25.8. The molecule has 0 unspecified atom stereocenters. The van der Waals surface area contributed by atoms with Crippen LogP contribution in [0.15, 0.2) is 0 Å². The fraction of sp³-hybridized carbons (Fsp3) is 0.889. The summed E-state index contributed by atoms with van der Waals surface area (Å²) in [5, 5.41) is 8.76. The van der Waals surface area contributed by atoms with Gasteiger partial charge in [0, 0.05) is 31.2 Å². The maximum atomic E-state index is 11.9. The van der Waals surface area contributed by atoms with Gasteiger partial charge in [-0.05, 0) is 67.3 Å². The fourth-order valence-corrected chi connectivity index (χ4v) is 2.67. The molecule has 0 aromatic carbocycles. The molecule has 1 fully saturated rings. The van der Waals surface area contributed by atoms with Crippen LogP contribution in [0.1, 0.15) is 60.8 Å². The van der Waals surface area contributed by atoms with Crippen LogP contribution in [0.2, 0.25) is 0 Å². The lowest BCUT2D eigenvalue weighted by atomic mass is 10.0. The molecule has 3 amide bonds. The molecule has 1 saturated heterocycles. The minimum absolute atomic E-state index is 0.0903. The number of urea groups is 1. The highest BCUT2D eigenvalue weighted by Crippen LogP contribution is 2.11. The van der Waals surface area contributed by atoms with Gasteiger partial charge >= 0.3 is 12.1 Å². The summed E-state index contributed by atoms with van der Waals surface area (Å²) >= 11 is 0. The van der Waals surface area contributed by atoms with Crippen LogP contribution in [0.25, 0.3) is 0 Å². The summed E-state index contributed by atoms with van der Waals surface area (Å²) in [5.74, 6) is 0. The second kappa shape index (κ2) is 9.27. The number of nitrogens with one attached hydrogen (secondary N) is 3. The summed E-state index contributed by atoms with van der Waals surface area (Å²) in [6.45, 7) is 15.0. The number of carbonyl (C=O) groups is 2. The van der Waals surface area contributed by atoms with Crippen LogP contribution in [-0.4, -0.2) is 60.4 Å². The summed E-state index contributed by atoms with van der Waals surface area (Å²) < 4.78 is 5.21. The van der Waals surface area contributed by atoms with Crippen LogP contribution < -0.4 is 16.0 Å². The number of ether oxygens (including phenoxy) is 1. The van der Waals surface area contributed by atoms with Crippen LogP contribution in [0.3, 0.4) is 0 Å². The topological polar surface area (TPSA) is 82.7 Å². The number of amides is 3. The lowest BCUT2D eigenvalue weighted by Gasteiger charge is -2.33. The first-order valence-electron chi connectivity index (χ1n) is 9.22. The van der Waals surface area contributed by atoms with Gasteiger partial charge in [0.2, 0.25) is 0 Å². The van der Waals surface area contributed by atoms with E-state index in [-0.39, 0.29) is 23.7 Å². The minimum atomic E-state index is -0.460. The van der Waals surface area contributed by atoms with Gasteiger partial charge in [-0.25, -0.2) is 9.59 Å². The molecule has 25 heavy (non-hydrogen) atoms. The molecular weight excluding hydrogens is 320 g/mol. The summed E-state index contributed by atoms with van der Waals surface area (Å²) in [6, 6.07) is 0.144. The maximum absolute atomic E-state index is 11.9. The van der Waals surface area contributed by atoms with Crippen LogP contribution in [0, 0.1) is 0 Å². The van der Waals surface area contributed by atoms with Gasteiger partial charge in [-0.2, -0.15) is 0 Å². The van der Waals surface area contributed by atoms with Crippen LogP contribution in [0.4, 0.5) is 9.59 Å². The summed E-state index contributed by atoms with van der Waals surface area (Å²) in [6.07, 6.45) is 2.44. The smallest absolute Gasteiger partial charge is 0.407 e. The number of hydrogen-bond donors (Lipinski definition) is 3. The lowest BCUT2D eigenvalue weighted by molar-refractivity contribution is 0.0525. The maximum Gasteiger partial charge on any atom is 0.407 e. The highest BCUT2D eigenvalue weighted by Gasteiger charge is 2.22. The Labute approximate surface area is 152 Å². The molecule has 0 atom stereocenters. The largest absolute Gasteiger partial charge is 0.444 e. The molecule has 0 aromatic heterocycles. The predicted octanol–water partition coefficient (Wildman–Crippen LogP) is 2.46. The number of carbonyl (C=O) groups excluding carboxylic acids is 2. The zero-order valence-corrected chi connectivity index (χ0v) is 16.7. The van der Waals surface area contributed by atoms with Crippen molar-refractivity contribution in [2.45, 2.75) is 78.0 Å². The Hall–Kier alpha value is -1.50. The predicted molar refractivity (Wildman–Crippen MR) is 99.7 cm³/mol. The van der Waals surface area contributed by atoms with Crippen molar-refractivity contribution in [3.8, 4) is 0 Å². The average Bonchev–Trinajstić information content (AvgIpc) is 2.41. The number of rotatable bonds is 5. The van der Waals surface area contributed by atoms with Crippen molar-refractivity contribution in [2.24, 2.45) is 0 Å². The van der Waals surface area contributed by atoms with Crippen LogP contribution in [0.5, 0.6) is 0 Å². The van der Waals surface area contributed by atoms with Gasteiger partial charge in [0.05, 0.1) is 0 Å². The van der Waals surface area contributed by atoms with Crippen LogP contribution in [-0.2, 0) is 4.74 Å². The van der Waals surface area contributed by atoms with E-state index in [1.165, 1.54) is 0 Å². The molecule has 1 heterocycles. The molecule has 1 aliphatic rings. The molecule has 0 saturated carbocycles. The van der Waals surface area contributed by atoms with E-state index in [4.69, 9.17) is 4.74 Å². The van der Waals surface area contributed by atoms with Gasteiger partial charge in [0.15, 0.2) is 0 Å². The van der Waals surface area contributed by atoms with Crippen molar-refractivity contribution in [2.75, 3.05) is 26.2 Å². The van der Waals surface area contributed by atoms with Crippen molar-refractivity contribution in [1.29, 1.82) is 0 Å². The molecule has 0 spiro atoms. The number of nitrogens with zero attached hydrogens (tertiary/aromatic N) is 1. The standard InChI is InChI=1S/C18H36N4O3/c1-17(2,3)21-15(23)20-14-8-12-22(13-9-14)11-7-10-19-16(24)25-18(4,5)6/h14H,7-13H2,1-6H3,(H,19,24)(H2,20,21,23). The Balaban J connectivity index is 2.13. The molecule has 146 valence electrons. The molecular formula is C18H36N4O3. The third kappa shape index (κ3) is 10.9. The molecule has 7 heteroatoms. The first-order valence-corrected chi connectivity index (χ1v) is 9.22. The van der Waals surface area contributed by atoms with E-state index in [0.29, 0.717) is 6.54 Å². The average molecular weight is 357 g/mol. The zero-order valence-electron chi connectivity index (χ0n) is 16.7. The van der Waals surface area contributed by atoms with Gasteiger partial charge in [0.1, 0.15) is 5.60 Å². The van der Waals surface area contributed by atoms with E-state index in [0.717, 1.165) is 38.9 Å². The SMILES string of the molecule is CC(C)(C)NC(=O)NC1CCN(CCCNC(=O)OC(C)(C)C)CC1. The van der Waals surface area contributed by atoms with Crippen molar-refractivity contribution in [3.05, 3.63) is 0 Å². The van der Waals surface area contributed by atoms with Gasteiger partial charge in [-0.15, -0.1) is 0 Å². The van der Waals surface area contributed by atoms with E-state index >= 15 is 0 Å². The minimum Gasteiger partial charge on any atom is -0.444 e. The normalized spacial score (nSPS) is 17.0. The number of alkyl carbamates (subject to hydrolysis) is 1. The monoisotopic (exact) mass is 356 g/mol. The summed E-state index contributed by atoms with van der Waals surface area (Å²) in [7, 11) is 0. The Morgan fingerprint density at radius 3 is 2.20 bits per heavy atom. The lowest BCUT2D eigenvalue weighted by Crippen LogP contribution is -2.52. The Bertz CT molecular complexity index is 430. The number of likely N-dealkylation sites (tertiary alicyclic amines) is 1. The number of piperidine rings is 1. The van der Waals surface area contributed by atoms with Crippen LogP contribution >= 0.6 is 0 Å². The van der Waals surface area contributed by atoms with Gasteiger partial charge in [0.25, 0.3) is 0 Å². The van der Waals surface area contributed by atoms with E-state index in [1.54, 1.807) is 0 Å². The molecule has 0 bridgehead atoms. The molecule has 7 nitrogen and oxygen atoms in total. The van der Waals surface area contributed by atoms with E-state index in [1.807, 2.05) is 41.5 Å². The van der Waals surface area contributed by atoms with Crippen molar-refractivity contribution >= 4 is 12.1 Å². The molecule has 0 aliphatic carbocycles. The third-order valence-corrected chi connectivity index (χ3v) is 3.73. The van der Waals surface area contributed by atoms with Gasteiger partial charge < -0.3 is 25.6 Å². The van der Waals surface area contributed by atoms with Gasteiger partial charge in [-0.3, -0.25) is 0 Å². The first-order chi connectivity index (χ1) is 11.4. The Kier molecular flexibility index (Phi) is 7.99. The van der Waals surface area contributed by atoms with E-state index < -0.39 is 5.60 Å².